The maximum Gasteiger partial charge on any atom is 2.00 e. The molecule has 0 radical (unpaired) electrons. The molecule has 0 aliphatic heterocycles. The fourth-order valence-electron chi connectivity index (χ4n) is 0. The van der Waals surface area contributed by atoms with Gasteiger partial charge in [-0.25, -0.2) is 0 Å². The molecule has 0 aromatic carbocycles. The summed E-state index contributed by atoms with van der Waals surface area (Å²) in [7, 11) is 5.50. The molecule has 0 unspecified atom stereocenters. The Morgan fingerprint density at radius 3 is 0.500 bits per heavy atom. The van der Waals surface area contributed by atoms with Gasteiger partial charge in [-0.1, -0.05) is 0 Å². The molecule has 0 heterocycles. The maximum atomic E-state index is 8.25. The van der Waals surface area contributed by atoms with Crippen LogP contribution in [0.15, 0.2) is 0 Å². The second-order valence-electron chi connectivity index (χ2n) is 0. The van der Waals surface area contributed by atoms with Gasteiger partial charge in [0.25, 0.3) is 0 Å². The fourth-order valence-corrected chi connectivity index (χ4v) is 0. The Morgan fingerprint density at radius 2 is 0.500 bits per heavy atom. The summed E-state index contributed by atoms with van der Waals surface area (Å²) >= 11 is 0. The first-order valence-corrected chi connectivity index (χ1v) is 2.61. The van der Waals surface area contributed by atoms with E-state index in [-0.39, 0.29) is 70.6 Å². The summed E-state index contributed by atoms with van der Waals surface area (Å²) < 4.78 is 0. The summed E-state index contributed by atoms with van der Waals surface area (Å²) in [5.74, 6) is 0. The minimum absolute atomic E-state index is 0. The van der Waals surface area contributed by atoms with Crippen LogP contribution in [0.25, 0.3) is 0 Å². The van der Waals surface area contributed by atoms with Crippen LogP contribution in [0, 0.1) is 0 Å². The number of aliphatic hydroxyl groups is 4. The summed E-state index contributed by atoms with van der Waals surface area (Å²) in [5, 5.41) is 44.5. The van der Waals surface area contributed by atoms with Crippen molar-refractivity contribution in [3.05, 3.63) is 0 Å². The van der Waals surface area contributed by atoms with E-state index in [9.17, 15) is 0 Å². The van der Waals surface area contributed by atoms with E-state index >= 15 is 0 Å². The molecular weight excluding hydrogens is 353 g/mol. The van der Waals surface area contributed by atoms with Crippen LogP contribution in [-0.2, 0) is 21.7 Å². The summed E-state index contributed by atoms with van der Waals surface area (Å²) in [5.41, 5.74) is 0. The van der Waals surface area contributed by atoms with Gasteiger partial charge in [0.15, 0.2) is 0 Å². The van der Waals surface area contributed by atoms with Crippen molar-refractivity contribution in [1.29, 1.82) is 0 Å². The van der Waals surface area contributed by atoms with Crippen LogP contribution in [0.5, 0.6) is 0 Å². The van der Waals surface area contributed by atoms with Crippen molar-refractivity contribution in [2.45, 2.75) is 0 Å². The van der Waals surface area contributed by atoms with E-state index < -0.39 is 0 Å². The summed E-state index contributed by atoms with van der Waals surface area (Å²) in [6, 6.07) is 0. The number of hydrogen-bond donors (Lipinski definition) is 4. The van der Waals surface area contributed by atoms with Crippen molar-refractivity contribution >= 4 is 48.9 Å². The molecule has 0 aromatic heterocycles. The van der Waals surface area contributed by atoms with Crippen LogP contribution >= 0.6 is 0 Å². The molecule has 0 saturated carbocycles. The Bertz CT molecular complexity index is 22.3. The van der Waals surface area contributed by atoms with Crippen molar-refractivity contribution in [3.8, 4) is 0 Å². The standard InChI is InChI=1S/4CH4O.2CH3O.Ba.Ti/c6*1-2;;/h4*2H,1H3;2*1H3;;/q;;;;2*-1;+2;. The van der Waals surface area contributed by atoms with Crippen LogP contribution in [0.2, 0.25) is 0 Å². The quantitative estimate of drug-likeness (QED) is 0.320. The van der Waals surface area contributed by atoms with Crippen molar-refractivity contribution < 1.29 is 52.4 Å². The largest absolute Gasteiger partial charge is 2.00 e. The molecule has 0 saturated heterocycles. The Balaban J connectivity index is -0.00000000500. The van der Waals surface area contributed by atoms with Crippen LogP contribution < -0.4 is 10.2 Å². The number of rotatable bonds is 0. The molecule has 0 fully saturated rings. The van der Waals surface area contributed by atoms with Crippen molar-refractivity contribution in [2.75, 3.05) is 42.7 Å². The zero-order valence-corrected chi connectivity index (χ0v) is 15.8. The predicted molar refractivity (Wildman–Crippen MR) is 50.2 cm³/mol. The molecule has 8 heteroatoms. The van der Waals surface area contributed by atoms with Crippen LogP contribution in [0.3, 0.4) is 0 Å². The Hall–Kier alpha value is 2.05. The van der Waals surface area contributed by atoms with E-state index in [2.05, 4.69) is 0 Å². The summed E-state index contributed by atoms with van der Waals surface area (Å²) in [6.07, 6.45) is 0. The Kier molecular flexibility index (Phi) is 2840. The zero-order chi connectivity index (χ0) is 12.0. The van der Waals surface area contributed by atoms with Gasteiger partial charge < -0.3 is 30.6 Å². The van der Waals surface area contributed by atoms with Gasteiger partial charge in [-0.3, -0.25) is 0 Å². The first kappa shape index (κ1) is 56.1. The SMILES string of the molecule is CO.CO.CO.CO.C[O-].C[O-].[Ba+2].[Ti]. The van der Waals surface area contributed by atoms with Gasteiger partial charge >= 0.3 is 48.9 Å². The monoisotopic (exact) mass is 376 g/mol. The molecule has 0 spiro atoms. The first-order chi connectivity index (χ1) is 6.00. The van der Waals surface area contributed by atoms with Gasteiger partial charge in [-0.05, 0) is 0 Å². The molecule has 14 heavy (non-hydrogen) atoms. The van der Waals surface area contributed by atoms with Gasteiger partial charge in [0.05, 0.1) is 0 Å². The molecular formula is C6H22BaO6Ti. The van der Waals surface area contributed by atoms with Gasteiger partial charge in [-0.15, -0.1) is 0 Å². The molecule has 0 atom stereocenters. The average molecular weight is 375 g/mol. The van der Waals surface area contributed by atoms with Gasteiger partial charge in [0.1, 0.15) is 0 Å². The average Bonchev–Trinajstić information content (AvgIpc) is 2.33. The van der Waals surface area contributed by atoms with Crippen LogP contribution in [0.1, 0.15) is 0 Å². The smallest absolute Gasteiger partial charge is 0.857 e. The third-order valence-corrected chi connectivity index (χ3v) is 0. The fraction of sp³-hybridized carbons (Fsp3) is 1.00. The third-order valence-electron chi connectivity index (χ3n) is 0. The molecule has 0 aliphatic rings. The van der Waals surface area contributed by atoms with E-state index in [1.165, 1.54) is 0 Å². The molecule has 0 bridgehead atoms. The topological polar surface area (TPSA) is 127 Å². The van der Waals surface area contributed by atoms with Crippen molar-refractivity contribution in [2.24, 2.45) is 0 Å². The summed E-state index contributed by atoms with van der Waals surface area (Å²) in [4.78, 5) is 0. The van der Waals surface area contributed by atoms with Crippen molar-refractivity contribution in [1.82, 2.24) is 0 Å². The predicted octanol–water partition coefficient (Wildman–Crippen LogP) is -4.00. The van der Waals surface area contributed by atoms with Gasteiger partial charge in [0.2, 0.25) is 0 Å². The van der Waals surface area contributed by atoms with Crippen LogP contribution in [-0.4, -0.2) is 112 Å². The van der Waals surface area contributed by atoms with E-state index in [1.54, 1.807) is 0 Å². The van der Waals surface area contributed by atoms with Gasteiger partial charge in [-0.2, -0.15) is 14.2 Å². The minimum Gasteiger partial charge on any atom is -0.857 e. The molecule has 6 nitrogen and oxygen atoms in total. The number of aliphatic hydroxyl groups excluding tert-OH is 4. The number of hydrogen-bond acceptors (Lipinski definition) is 6. The second kappa shape index (κ2) is 709. The van der Waals surface area contributed by atoms with E-state index in [0.29, 0.717) is 0 Å². The van der Waals surface area contributed by atoms with E-state index in [4.69, 9.17) is 30.6 Å². The van der Waals surface area contributed by atoms with E-state index in [1.807, 2.05) is 0 Å². The molecule has 0 rings (SSSR count). The first-order valence-electron chi connectivity index (χ1n) is 2.61. The van der Waals surface area contributed by atoms with E-state index in [0.717, 1.165) is 42.7 Å². The van der Waals surface area contributed by atoms with Gasteiger partial charge in [0, 0.05) is 50.2 Å². The molecule has 0 aliphatic carbocycles. The normalized spacial score (nSPS) is 2.57. The van der Waals surface area contributed by atoms with Crippen LogP contribution in [0.4, 0.5) is 0 Å². The minimum atomic E-state index is 0. The Morgan fingerprint density at radius 1 is 0.500 bits per heavy atom. The molecule has 88 valence electrons. The van der Waals surface area contributed by atoms with Crippen molar-refractivity contribution in [3.63, 3.8) is 0 Å². The molecule has 0 aromatic rings. The molecule has 0 amide bonds. The summed E-state index contributed by atoms with van der Waals surface area (Å²) in [6.45, 7) is 0. The second-order valence-corrected chi connectivity index (χ2v) is 0. The third kappa shape index (κ3) is 571. The maximum absolute atomic E-state index is 8.25. The Labute approximate surface area is 142 Å². The molecule has 4 N–H and O–H groups in total. The zero-order valence-electron chi connectivity index (χ0n) is 9.81.